The summed E-state index contributed by atoms with van der Waals surface area (Å²) < 4.78 is 40.9. The van der Waals surface area contributed by atoms with Crippen LogP contribution < -0.4 is 0 Å². The van der Waals surface area contributed by atoms with Crippen LogP contribution in [0.2, 0.25) is 0 Å². The largest absolute Gasteiger partial charge is 0.456 e. The van der Waals surface area contributed by atoms with Crippen molar-refractivity contribution in [3.8, 4) is 0 Å². The van der Waals surface area contributed by atoms with Gasteiger partial charge in [0.2, 0.25) is 0 Å². The number of esters is 1. The zero-order valence-corrected chi connectivity index (χ0v) is 14.0. The third-order valence-electron chi connectivity index (χ3n) is 3.58. The molecular formula is C16H18FNO5S. The molecule has 1 aliphatic rings. The number of hydrogen-bond acceptors (Lipinski definition) is 5. The Morgan fingerprint density at radius 2 is 2.04 bits per heavy atom. The number of benzene rings is 1. The van der Waals surface area contributed by atoms with E-state index in [2.05, 4.69) is 0 Å². The van der Waals surface area contributed by atoms with Crippen LogP contribution in [-0.4, -0.2) is 44.6 Å². The monoisotopic (exact) mass is 355 g/mol. The van der Waals surface area contributed by atoms with Crippen molar-refractivity contribution in [1.29, 1.82) is 0 Å². The van der Waals surface area contributed by atoms with Gasteiger partial charge in [-0.25, -0.2) is 12.8 Å². The maximum atomic E-state index is 13.5. The fourth-order valence-electron chi connectivity index (χ4n) is 2.26. The average molecular weight is 355 g/mol. The molecule has 1 heterocycles. The second kappa shape index (κ2) is 7.57. The first-order chi connectivity index (χ1) is 11.3. The minimum absolute atomic E-state index is 0.0622. The molecule has 0 N–H and O–H groups in total. The van der Waals surface area contributed by atoms with Gasteiger partial charge in [0.1, 0.15) is 5.82 Å². The maximum absolute atomic E-state index is 13.5. The molecule has 1 amide bonds. The highest BCUT2D eigenvalue weighted by Crippen LogP contribution is 2.18. The first-order valence-corrected chi connectivity index (χ1v) is 9.02. The van der Waals surface area contributed by atoms with E-state index in [1.54, 1.807) is 18.2 Å². The van der Waals surface area contributed by atoms with Crippen LogP contribution in [0.5, 0.6) is 0 Å². The highest BCUT2D eigenvalue weighted by atomic mass is 32.2. The van der Waals surface area contributed by atoms with Gasteiger partial charge in [-0.05, 0) is 6.07 Å². The molecule has 0 saturated carbocycles. The van der Waals surface area contributed by atoms with Crippen molar-refractivity contribution in [2.24, 2.45) is 5.92 Å². The number of rotatable bonds is 6. The van der Waals surface area contributed by atoms with E-state index in [0.29, 0.717) is 5.56 Å². The van der Waals surface area contributed by atoms with E-state index in [1.807, 2.05) is 0 Å². The van der Waals surface area contributed by atoms with Crippen molar-refractivity contribution in [1.82, 2.24) is 4.90 Å². The molecule has 1 unspecified atom stereocenters. The van der Waals surface area contributed by atoms with Gasteiger partial charge in [-0.2, -0.15) is 0 Å². The Kier molecular flexibility index (Phi) is 5.71. The molecule has 130 valence electrons. The van der Waals surface area contributed by atoms with Crippen molar-refractivity contribution in [3.63, 3.8) is 0 Å². The molecule has 1 aromatic rings. The van der Waals surface area contributed by atoms with Crippen LogP contribution >= 0.6 is 0 Å². The molecule has 0 aliphatic carbocycles. The van der Waals surface area contributed by atoms with E-state index in [1.165, 1.54) is 24.1 Å². The number of amides is 1. The lowest BCUT2D eigenvalue weighted by Gasteiger charge is -2.17. The summed E-state index contributed by atoms with van der Waals surface area (Å²) in [5.74, 6) is -2.07. The lowest BCUT2D eigenvalue weighted by molar-refractivity contribution is -0.152. The molecule has 0 radical (unpaired) electrons. The molecule has 0 bridgehead atoms. The van der Waals surface area contributed by atoms with Crippen LogP contribution in [-0.2, 0) is 30.7 Å². The highest BCUT2D eigenvalue weighted by molar-refractivity contribution is 7.94. The molecule has 0 spiro atoms. The number of sulfone groups is 1. The van der Waals surface area contributed by atoms with E-state index < -0.39 is 40.1 Å². The number of halogens is 1. The molecule has 0 saturated heterocycles. The van der Waals surface area contributed by atoms with Crippen molar-refractivity contribution in [2.75, 3.05) is 19.4 Å². The van der Waals surface area contributed by atoms with Gasteiger partial charge in [0.05, 0.1) is 12.2 Å². The summed E-state index contributed by atoms with van der Waals surface area (Å²) in [5, 5.41) is 1.08. The second-order valence-corrected chi connectivity index (χ2v) is 7.56. The lowest BCUT2D eigenvalue weighted by Crippen LogP contribution is -2.31. The zero-order chi connectivity index (χ0) is 17.7. The Bertz CT molecular complexity index is 759. The van der Waals surface area contributed by atoms with Crippen LogP contribution in [0.4, 0.5) is 4.39 Å². The van der Waals surface area contributed by atoms with E-state index >= 15 is 0 Å². The zero-order valence-electron chi connectivity index (χ0n) is 13.1. The van der Waals surface area contributed by atoms with E-state index in [0.717, 1.165) is 5.41 Å². The van der Waals surface area contributed by atoms with Crippen LogP contribution in [0.3, 0.4) is 0 Å². The van der Waals surface area contributed by atoms with Crippen LogP contribution in [0.25, 0.3) is 0 Å². The topological polar surface area (TPSA) is 80.8 Å². The van der Waals surface area contributed by atoms with Gasteiger partial charge >= 0.3 is 5.97 Å². The molecule has 8 heteroatoms. The number of ether oxygens (including phenoxy) is 1. The van der Waals surface area contributed by atoms with E-state index in [4.69, 9.17) is 4.74 Å². The van der Waals surface area contributed by atoms with Gasteiger partial charge in [-0.3, -0.25) is 9.59 Å². The standard InChI is InChI=1S/C16H18FNO5S/c1-18(9-13-4-2-3-5-14(13)17)15(19)10-23-16(20)8-12-6-7-24(21,22)11-12/h2-7,12H,8-11H2,1H3. The quantitative estimate of drug-likeness (QED) is 0.718. The third-order valence-corrected chi connectivity index (χ3v) is 5.05. The Morgan fingerprint density at radius 1 is 1.33 bits per heavy atom. The van der Waals surface area contributed by atoms with Gasteiger partial charge in [0.25, 0.3) is 5.91 Å². The lowest BCUT2D eigenvalue weighted by atomic mass is 10.1. The number of nitrogens with zero attached hydrogens (tertiary/aromatic N) is 1. The third kappa shape index (κ3) is 5.16. The molecule has 1 aliphatic heterocycles. The number of carbonyl (C=O) groups excluding carboxylic acids is 2. The number of carbonyl (C=O) groups is 2. The minimum atomic E-state index is -3.22. The molecule has 0 aromatic heterocycles. The normalized spacial score (nSPS) is 18.3. The number of allylic oxidation sites excluding steroid dienone is 1. The molecule has 2 rings (SSSR count). The van der Waals surface area contributed by atoms with Crippen molar-refractivity contribution in [3.05, 3.63) is 47.1 Å². The Morgan fingerprint density at radius 3 is 2.67 bits per heavy atom. The fourth-order valence-corrected chi connectivity index (χ4v) is 3.66. The molecule has 6 nitrogen and oxygen atoms in total. The van der Waals surface area contributed by atoms with Crippen molar-refractivity contribution in [2.45, 2.75) is 13.0 Å². The highest BCUT2D eigenvalue weighted by Gasteiger charge is 2.25. The van der Waals surface area contributed by atoms with Gasteiger partial charge in [-0.15, -0.1) is 0 Å². The number of likely N-dealkylation sites (N-methyl/N-ethyl adjacent to an activating group) is 1. The molecule has 1 atom stereocenters. The maximum Gasteiger partial charge on any atom is 0.306 e. The predicted molar refractivity (Wildman–Crippen MR) is 84.9 cm³/mol. The SMILES string of the molecule is CN(Cc1ccccc1F)C(=O)COC(=O)CC1C=CS(=O)(=O)C1. The van der Waals surface area contributed by atoms with Crippen molar-refractivity contribution >= 4 is 21.7 Å². The first kappa shape index (κ1) is 18.1. The molecule has 24 heavy (non-hydrogen) atoms. The molecular weight excluding hydrogens is 337 g/mol. The summed E-state index contributed by atoms with van der Waals surface area (Å²) in [6.45, 7) is -0.403. The van der Waals surface area contributed by atoms with Crippen molar-refractivity contribution < 1.29 is 27.1 Å². The van der Waals surface area contributed by atoms with Crippen LogP contribution in [0.1, 0.15) is 12.0 Å². The Balaban J connectivity index is 1.77. The average Bonchev–Trinajstić information content (AvgIpc) is 2.85. The summed E-state index contributed by atoms with van der Waals surface area (Å²) in [6.07, 6.45) is 1.35. The smallest absolute Gasteiger partial charge is 0.306 e. The van der Waals surface area contributed by atoms with Gasteiger partial charge in [0.15, 0.2) is 16.4 Å². The summed E-state index contributed by atoms with van der Waals surface area (Å²) in [5.41, 5.74) is 0.362. The minimum Gasteiger partial charge on any atom is -0.456 e. The molecule has 1 aromatic carbocycles. The Labute approximate surface area is 139 Å². The summed E-state index contributed by atoms with van der Waals surface area (Å²) in [6, 6.07) is 6.09. The van der Waals surface area contributed by atoms with E-state index in [-0.39, 0.29) is 18.7 Å². The predicted octanol–water partition coefficient (Wildman–Crippen LogP) is 1.28. The number of hydrogen-bond donors (Lipinski definition) is 0. The van der Waals surface area contributed by atoms with Crippen LogP contribution in [0, 0.1) is 11.7 Å². The summed E-state index contributed by atoms with van der Waals surface area (Å²) >= 11 is 0. The second-order valence-electron chi connectivity index (χ2n) is 5.62. The Hall–Kier alpha value is -2.22. The molecule has 0 fully saturated rings. The fraction of sp³-hybridized carbons (Fsp3) is 0.375. The van der Waals surface area contributed by atoms with Gasteiger partial charge < -0.3 is 9.64 Å². The summed E-state index contributed by atoms with van der Waals surface area (Å²) in [7, 11) is -1.74. The van der Waals surface area contributed by atoms with Crippen LogP contribution in [0.15, 0.2) is 35.7 Å². The van der Waals surface area contributed by atoms with Gasteiger partial charge in [-0.1, -0.05) is 24.3 Å². The summed E-state index contributed by atoms with van der Waals surface area (Å²) in [4.78, 5) is 24.8. The first-order valence-electron chi connectivity index (χ1n) is 7.31. The van der Waals surface area contributed by atoms with Gasteiger partial charge in [0, 0.05) is 30.5 Å². The van der Waals surface area contributed by atoms with E-state index in [9.17, 15) is 22.4 Å².